The van der Waals surface area contributed by atoms with Gasteiger partial charge in [0.05, 0.1) is 0 Å². The lowest BCUT2D eigenvalue weighted by Crippen LogP contribution is -2.48. The first-order chi connectivity index (χ1) is 10.1. The van der Waals surface area contributed by atoms with Gasteiger partial charge in [0.2, 0.25) is 11.8 Å². The number of hydrogen-bond donors (Lipinski definition) is 1. The standard InChI is InChI=1S/C16H22N2O3/c1-12-6-7-14(21-12)8-9-15(19)17-13(2)16(20)18-10-4-3-5-11-18/h6-9,13H,3-5,10-11H2,1-2H3,(H,17,19)/b9-8+. The second kappa shape index (κ2) is 7.11. The molecule has 1 aromatic rings. The number of hydrogen-bond acceptors (Lipinski definition) is 3. The summed E-state index contributed by atoms with van der Waals surface area (Å²) >= 11 is 0. The van der Waals surface area contributed by atoms with E-state index in [0.717, 1.165) is 31.7 Å². The molecule has 2 amide bonds. The van der Waals surface area contributed by atoms with Crippen LogP contribution in [0.1, 0.15) is 37.7 Å². The second-order valence-electron chi connectivity index (χ2n) is 5.40. The topological polar surface area (TPSA) is 62.6 Å². The van der Waals surface area contributed by atoms with Crippen LogP contribution in [0.3, 0.4) is 0 Å². The predicted octanol–water partition coefficient (Wildman–Crippen LogP) is 2.12. The normalized spacial score (nSPS) is 17.0. The number of furan rings is 1. The molecular formula is C16H22N2O3. The van der Waals surface area contributed by atoms with Crippen molar-refractivity contribution in [1.82, 2.24) is 10.2 Å². The van der Waals surface area contributed by atoms with Crippen molar-refractivity contribution in [3.8, 4) is 0 Å². The third-order valence-electron chi connectivity index (χ3n) is 3.56. The van der Waals surface area contributed by atoms with E-state index in [0.29, 0.717) is 5.76 Å². The summed E-state index contributed by atoms with van der Waals surface area (Å²) in [6.45, 7) is 5.15. The highest BCUT2D eigenvalue weighted by molar-refractivity contribution is 5.95. The Morgan fingerprint density at radius 1 is 1.29 bits per heavy atom. The van der Waals surface area contributed by atoms with Gasteiger partial charge in [-0.3, -0.25) is 9.59 Å². The maximum atomic E-state index is 12.2. The largest absolute Gasteiger partial charge is 0.462 e. The Kier molecular flexibility index (Phi) is 5.20. The Bertz CT molecular complexity index is 527. The zero-order valence-corrected chi connectivity index (χ0v) is 12.6. The number of piperidine rings is 1. The summed E-state index contributed by atoms with van der Waals surface area (Å²) in [6.07, 6.45) is 6.25. The molecule has 0 spiro atoms. The SMILES string of the molecule is Cc1ccc(/C=C/C(=O)NC(C)C(=O)N2CCCCC2)o1. The molecular weight excluding hydrogens is 268 g/mol. The highest BCUT2D eigenvalue weighted by atomic mass is 16.3. The number of carbonyl (C=O) groups excluding carboxylic acids is 2. The van der Waals surface area contributed by atoms with Gasteiger partial charge in [0.1, 0.15) is 17.6 Å². The molecule has 5 nitrogen and oxygen atoms in total. The highest BCUT2D eigenvalue weighted by Gasteiger charge is 2.22. The Balaban J connectivity index is 1.83. The maximum absolute atomic E-state index is 12.2. The first-order valence-electron chi connectivity index (χ1n) is 7.40. The monoisotopic (exact) mass is 290 g/mol. The van der Waals surface area contributed by atoms with Crippen LogP contribution in [0.15, 0.2) is 22.6 Å². The molecule has 0 aliphatic carbocycles. The van der Waals surface area contributed by atoms with Crippen LogP contribution < -0.4 is 5.32 Å². The third kappa shape index (κ3) is 4.48. The molecule has 21 heavy (non-hydrogen) atoms. The van der Waals surface area contributed by atoms with Crippen LogP contribution in [0.2, 0.25) is 0 Å². The minimum absolute atomic E-state index is 0.00899. The molecule has 0 aromatic carbocycles. The van der Waals surface area contributed by atoms with E-state index in [9.17, 15) is 9.59 Å². The quantitative estimate of drug-likeness (QED) is 0.864. The molecule has 114 valence electrons. The average molecular weight is 290 g/mol. The number of likely N-dealkylation sites (tertiary alicyclic amines) is 1. The molecule has 2 rings (SSSR count). The number of carbonyl (C=O) groups is 2. The van der Waals surface area contributed by atoms with Gasteiger partial charge in [-0.25, -0.2) is 0 Å². The first-order valence-corrected chi connectivity index (χ1v) is 7.40. The first kappa shape index (κ1) is 15.4. The lowest BCUT2D eigenvalue weighted by molar-refractivity contribution is -0.135. The lowest BCUT2D eigenvalue weighted by atomic mass is 10.1. The summed E-state index contributed by atoms with van der Waals surface area (Å²) in [7, 11) is 0. The Morgan fingerprint density at radius 2 is 2.00 bits per heavy atom. The molecule has 1 unspecified atom stereocenters. The highest BCUT2D eigenvalue weighted by Crippen LogP contribution is 2.10. The van der Waals surface area contributed by atoms with E-state index in [2.05, 4.69) is 5.32 Å². The molecule has 1 aliphatic rings. The van der Waals surface area contributed by atoms with E-state index in [1.54, 1.807) is 19.1 Å². The minimum Gasteiger partial charge on any atom is -0.462 e. The van der Waals surface area contributed by atoms with E-state index in [-0.39, 0.29) is 11.8 Å². The summed E-state index contributed by atoms with van der Waals surface area (Å²) in [5.74, 6) is 1.12. The Labute approximate surface area is 125 Å². The molecule has 1 aromatic heterocycles. The van der Waals surface area contributed by atoms with Crippen LogP contribution in [0, 0.1) is 6.92 Å². The fraction of sp³-hybridized carbons (Fsp3) is 0.500. The fourth-order valence-corrected chi connectivity index (χ4v) is 2.41. The van der Waals surface area contributed by atoms with Crippen LogP contribution in [-0.4, -0.2) is 35.8 Å². The molecule has 0 saturated carbocycles. The number of nitrogens with one attached hydrogen (secondary N) is 1. The van der Waals surface area contributed by atoms with Crippen LogP contribution in [0.5, 0.6) is 0 Å². The lowest BCUT2D eigenvalue weighted by Gasteiger charge is -2.29. The Morgan fingerprint density at radius 3 is 2.62 bits per heavy atom. The maximum Gasteiger partial charge on any atom is 0.244 e. The number of aryl methyl sites for hydroxylation is 1. The van der Waals surface area contributed by atoms with Gasteiger partial charge in [0.25, 0.3) is 0 Å². The van der Waals surface area contributed by atoms with Gasteiger partial charge >= 0.3 is 0 Å². The second-order valence-corrected chi connectivity index (χ2v) is 5.40. The summed E-state index contributed by atoms with van der Waals surface area (Å²) in [4.78, 5) is 25.8. The number of nitrogens with zero attached hydrogens (tertiary/aromatic N) is 1. The van der Waals surface area contributed by atoms with Gasteiger partial charge < -0.3 is 14.6 Å². The number of amides is 2. The summed E-state index contributed by atoms with van der Waals surface area (Å²) in [5.41, 5.74) is 0. The average Bonchev–Trinajstić information content (AvgIpc) is 2.91. The van der Waals surface area contributed by atoms with E-state index in [1.165, 1.54) is 12.5 Å². The van der Waals surface area contributed by atoms with Crippen LogP contribution in [0.25, 0.3) is 6.08 Å². The van der Waals surface area contributed by atoms with Crippen molar-refractivity contribution in [2.75, 3.05) is 13.1 Å². The molecule has 1 saturated heterocycles. The van der Waals surface area contributed by atoms with Gasteiger partial charge in [-0.1, -0.05) is 0 Å². The zero-order chi connectivity index (χ0) is 15.2. The molecule has 1 atom stereocenters. The van der Waals surface area contributed by atoms with Crippen molar-refractivity contribution in [3.05, 3.63) is 29.7 Å². The van der Waals surface area contributed by atoms with Gasteiger partial charge in [-0.2, -0.15) is 0 Å². The molecule has 1 fully saturated rings. The van der Waals surface area contributed by atoms with Gasteiger partial charge in [0, 0.05) is 19.2 Å². The Hall–Kier alpha value is -2.04. The molecule has 5 heteroatoms. The van der Waals surface area contributed by atoms with Crippen molar-refractivity contribution in [3.63, 3.8) is 0 Å². The smallest absolute Gasteiger partial charge is 0.244 e. The van der Waals surface area contributed by atoms with Gasteiger partial charge in [-0.05, 0) is 51.3 Å². The predicted molar refractivity (Wildman–Crippen MR) is 80.5 cm³/mol. The van der Waals surface area contributed by atoms with E-state index >= 15 is 0 Å². The summed E-state index contributed by atoms with van der Waals surface area (Å²) in [6, 6.07) is 3.13. The van der Waals surface area contributed by atoms with E-state index in [4.69, 9.17) is 4.42 Å². The minimum atomic E-state index is -0.501. The molecule has 1 N–H and O–H groups in total. The zero-order valence-electron chi connectivity index (χ0n) is 12.6. The van der Waals surface area contributed by atoms with Crippen molar-refractivity contribution < 1.29 is 14.0 Å². The van der Waals surface area contributed by atoms with Crippen molar-refractivity contribution in [2.24, 2.45) is 0 Å². The molecule has 0 radical (unpaired) electrons. The van der Waals surface area contributed by atoms with Gasteiger partial charge in [0.15, 0.2) is 0 Å². The van der Waals surface area contributed by atoms with Crippen LogP contribution in [-0.2, 0) is 9.59 Å². The summed E-state index contributed by atoms with van der Waals surface area (Å²) in [5, 5.41) is 2.70. The van der Waals surface area contributed by atoms with Crippen molar-refractivity contribution >= 4 is 17.9 Å². The molecule has 2 heterocycles. The van der Waals surface area contributed by atoms with Crippen LogP contribution >= 0.6 is 0 Å². The third-order valence-corrected chi connectivity index (χ3v) is 3.56. The molecule has 0 bridgehead atoms. The van der Waals surface area contributed by atoms with E-state index < -0.39 is 6.04 Å². The molecule has 1 aliphatic heterocycles. The summed E-state index contributed by atoms with van der Waals surface area (Å²) < 4.78 is 5.34. The van der Waals surface area contributed by atoms with Crippen molar-refractivity contribution in [2.45, 2.75) is 39.2 Å². The fourth-order valence-electron chi connectivity index (χ4n) is 2.41. The van der Waals surface area contributed by atoms with E-state index in [1.807, 2.05) is 17.9 Å². The van der Waals surface area contributed by atoms with Gasteiger partial charge in [-0.15, -0.1) is 0 Å². The number of rotatable bonds is 4. The van der Waals surface area contributed by atoms with Crippen LogP contribution in [0.4, 0.5) is 0 Å². The van der Waals surface area contributed by atoms with Crippen molar-refractivity contribution in [1.29, 1.82) is 0 Å².